The Morgan fingerprint density at radius 2 is 2.22 bits per heavy atom. The molecule has 18 heavy (non-hydrogen) atoms. The average molecular weight is 244 g/mol. The van der Waals surface area contributed by atoms with E-state index in [1.54, 1.807) is 0 Å². The van der Waals surface area contributed by atoms with Gasteiger partial charge in [-0.05, 0) is 12.0 Å². The number of nitrogens with one attached hydrogen (secondary N) is 1. The van der Waals surface area contributed by atoms with Gasteiger partial charge in [0.2, 0.25) is 5.91 Å². The lowest BCUT2D eigenvalue weighted by atomic mass is 9.99. The number of amides is 1. The van der Waals surface area contributed by atoms with Crippen LogP contribution in [0.5, 0.6) is 5.75 Å². The second kappa shape index (κ2) is 5.09. The number of benzene rings is 1. The van der Waals surface area contributed by atoms with E-state index in [1.165, 1.54) is 0 Å². The monoisotopic (exact) mass is 244 g/mol. The van der Waals surface area contributed by atoms with E-state index in [9.17, 15) is 4.79 Å². The molecule has 1 aliphatic heterocycles. The molecular formula is C14H16N2O2. The highest BCUT2D eigenvalue weighted by Crippen LogP contribution is 2.33. The van der Waals surface area contributed by atoms with Crippen molar-refractivity contribution in [3.05, 3.63) is 29.8 Å². The van der Waals surface area contributed by atoms with Crippen molar-refractivity contribution in [3.8, 4) is 11.8 Å². The van der Waals surface area contributed by atoms with Gasteiger partial charge in [0.05, 0.1) is 6.07 Å². The van der Waals surface area contributed by atoms with Gasteiger partial charge in [-0.15, -0.1) is 0 Å². The van der Waals surface area contributed by atoms with E-state index >= 15 is 0 Å². The Hall–Kier alpha value is -2.02. The van der Waals surface area contributed by atoms with Crippen LogP contribution in [0.25, 0.3) is 0 Å². The first-order chi connectivity index (χ1) is 8.63. The number of carbonyl (C=O) groups is 1. The Morgan fingerprint density at radius 1 is 1.50 bits per heavy atom. The van der Waals surface area contributed by atoms with E-state index in [0.717, 1.165) is 11.3 Å². The smallest absolute Gasteiger partial charge is 0.232 e. The zero-order valence-electron chi connectivity index (χ0n) is 10.5. The summed E-state index contributed by atoms with van der Waals surface area (Å²) in [6.45, 7) is 4.17. The highest BCUT2D eigenvalue weighted by atomic mass is 16.5. The lowest BCUT2D eigenvalue weighted by Crippen LogP contribution is -2.40. The number of nitrogens with zero attached hydrogens (tertiary/aromatic N) is 1. The summed E-state index contributed by atoms with van der Waals surface area (Å²) in [5.74, 6) is 0.406. The second-order valence-electron chi connectivity index (χ2n) is 4.76. The molecule has 4 heteroatoms. The minimum absolute atomic E-state index is 0.0940. The quantitative estimate of drug-likeness (QED) is 0.882. The van der Waals surface area contributed by atoms with Crippen LogP contribution in [0.3, 0.4) is 0 Å². The first kappa shape index (κ1) is 12.4. The summed E-state index contributed by atoms with van der Waals surface area (Å²) in [6.07, 6.45) is 0. The molecule has 1 aromatic carbocycles. The van der Waals surface area contributed by atoms with E-state index in [4.69, 9.17) is 10.00 Å². The largest absolute Gasteiger partial charge is 0.492 e. The van der Waals surface area contributed by atoms with Crippen molar-refractivity contribution in [1.82, 2.24) is 5.32 Å². The van der Waals surface area contributed by atoms with Gasteiger partial charge in [-0.25, -0.2) is 0 Å². The van der Waals surface area contributed by atoms with Gasteiger partial charge in [-0.2, -0.15) is 5.26 Å². The van der Waals surface area contributed by atoms with Crippen molar-refractivity contribution in [3.63, 3.8) is 0 Å². The van der Waals surface area contributed by atoms with Crippen molar-refractivity contribution in [2.24, 2.45) is 5.92 Å². The van der Waals surface area contributed by atoms with Gasteiger partial charge >= 0.3 is 0 Å². The number of nitriles is 1. The summed E-state index contributed by atoms with van der Waals surface area (Å²) in [4.78, 5) is 12.1. The summed E-state index contributed by atoms with van der Waals surface area (Å²) in [6, 6.07) is 9.17. The fourth-order valence-electron chi connectivity index (χ4n) is 1.98. The van der Waals surface area contributed by atoms with E-state index in [2.05, 4.69) is 11.4 Å². The normalized spacial score (nSPS) is 18.7. The van der Waals surface area contributed by atoms with Crippen molar-refractivity contribution < 1.29 is 9.53 Å². The van der Waals surface area contributed by atoms with Crippen LogP contribution < -0.4 is 10.1 Å². The average Bonchev–Trinajstić information content (AvgIpc) is 2.79. The van der Waals surface area contributed by atoms with E-state index < -0.39 is 6.04 Å². The van der Waals surface area contributed by atoms with Crippen LogP contribution in [0, 0.1) is 17.2 Å². The molecule has 1 amide bonds. The van der Waals surface area contributed by atoms with Crippen molar-refractivity contribution in [1.29, 1.82) is 5.26 Å². The SMILES string of the molecule is CC(C)C(C#N)NC(=O)C1COc2ccccc21. The maximum atomic E-state index is 12.1. The lowest BCUT2D eigenvalue weighted by molar-refractivity contribution is -0.123. The van der Waals surface area contributed by atoms with Gasteiger partial charge in [0.25, 0.3) is 0 Å². The van der Waals surface area contributed by atoms with Crippen LogP contribution in [0.1, 0.15) is 25.3 Å². The third-order valence-corrected chi connectivity index (χ3v) is 3.12. The van der Waals surface area contributed by atoms with Crippen molar-refractivity contribution in [2.75, 3.05) is 6.61 Å². The number of hydrogen-bond acceptors (Lipinski definition) is 3. The number of fused-ring (bicyclic) bond motifs is 1. The molecule has 94 valence electrons. The molecule has 1 N–H and O–H groups in total. The molecule has 4 nitrogen and oxygen atoms in total. The van der Waals surface area contributed by atoms with Crippen LogP contribution >= 0.6 is 0 Å². The molecule has 0 aromatic heterocycles. The Balaban J connectivity index is 2.10. The highest BCUT2D eigenvalue weighted by molar-refractivity contribution is 5.86. The zero-order chi connectivity index (χ0) is 13.1. The first-order valence-electron chi connectivity index (χ1n) is 6.05. The van der Waals surface area contributed by atoms with Crippen LogP contribution in [0.15, 0.2) is 24.3 Å². The third kappa shape index (κ3) is 2.30. The zero-order valence-corrected chi connectivity index (χ0v) is 10.5. The summed E-state index contributed by atoms with van der Waals surface area (Å²) >= 11 is 0. The Kier molecular flexibility index (Phi) is 3.52. The minimum Gasteiger partial charge on any atom is -0.492 e. The summed E-state index contributed by atoms with van der Waals surface area (Å²) < 4.78 is 5.46. The highest BCUT2D eigenvalue weighted by Gasteiger charge is 2.31. The van der Waals surface area contributed by atoms with Gasteiger partial charge in [-0.1, -0.05) is 32.0 Å². The van der Waals surface area contributed by atoms with Gasteiger partial charge in [0.1, 0.15) is 24.3 Å². The van der Waals surface area contributed by atoms with E-state index in [0.29, 0.717) is 6.61 Å². The predicted octanol–water partition coefficient (Wildman–Crippen LogP) is 1.83. The maximum Gasteiger partial charge on any atom is 0.232 e. The van der Waals surface area contributed by atoms with Crippen molar-refractivity contribution >= 4 is 5.91 Å². The van der Waals surface area contributed by atoms with Crippen LogP contribution in [-0.2, 0) is 4.79 Å². The number of rotatable bonds is 3. The fourth-order valence-corrected chi connectivity index (χ4v) is 1.98. The molecule has 0 aliphatic carbocycles. The van der Waals surface area contributed by atoms with Crippen LogP contribution in [-0.4, -0.2) is 18.6 Å². The standard InChI is InChI=1S/C14H16N2O2/c1-9(2)12(7-15)16-14(17)11-8-18-13-6-4-3-5-10(11)13/h3-6,9,11-12H,8H2,1-2H3,(H,16,17). The van der Waals surface area contributed by atoms with Gasteiger partial charge < -0.3 is 10.1 Å². The van der Waals surface area contributed by atoms with Crippen LogP contribution in [0.4, 0.5) is 0 Å². The molecular weight excluding hydrogens is 228 g/mol. The Bertz CT molecular complexity index is 491. The molecule has 0 saturated heterocycles. The van der Waals surface area contributed by atoms with Crippen LogP contribution in [0.2, 0.25) is 0 Å². The minimum atomic E-state index is -0.453. The fraction of sp³-hybridized carbons (Fsp3) is 0.429. The molecule has 2 atom stereocenters. The molecule has 2 unspecified atom stereocenters. The number of carbonyl (C=O) groups excluding carboxylic acids is 1. The summed E-state index contributed by atoms with van der Waals surface area (Å²) in [5.41, 5.74) is 0.899. The van der Waals surface area contributed by atoms with Gasteiger partial charge in [0.15, 0.2) is 0 Å². The molecule has 0 spiro atoms. The number of para-hydroxylation sites is 1. The molecule has 0 fully saturated rings. The number of hydrogen-bond donors (Lipinski definition) is 1. The predicted molar refractivity (Wildman–Crippen MR) is 67.1 cm³/mol. The van der Waals surface area contributed by atoms with E-state index in [-0.39, 0.29) is 17.7 Å². The van der Waals surface area contributed by atoms with Gasteiger partial charge in [-0.3, -0.25) is 4.79 Å². The Labute approximate surface area is 107 Å². The molecule has 0 radical (unpaired) electrons. The number of ether oxygens (including phenoxy) is 1. The van der Waals surface area contributed by atoms with Crippen molar-refractivity contribution in [2.45, 2.75) is 25.8 Å². The second-order valence-corrected chi connectivity index (χ2v) is 4.76. The molecule has 1 aliphatic rings. The third-order valence-electron chi connectivity index (χ3n) is 3.12. The maximum absolute atomic E-state index is 12.1. The topological polar surface area (TPSA) is 62.1 Å². The lowest BCUT2D eigenvalue weighted by Gasteiger charge is -2.17. The Morgan fingerprint density at radius 3 is 2.89 bits per heavy atom. The van der Waals surface area contributed by atoms with Gasteiger partial charge in [0, 0.05) is 5.56 Å². The first-order valence-corrected chi connectivity index (χ1v) is 6.05. The molecule has 1 heterocycles. The van der Waals surface area contributed by atoms with E-state index in [1.807, 2.05) is 38.1 Å². The summed E-state index contributed by atoms with van der Waals surface area (Å²) in [5, 5.41) is 11.8. The summed E-state index contributed by atoms with van der Waals surface area (Å²) in [7, 11) is 0. The molecule has 1 aromatic rings. The molecule has 0 saturated carbocycles. The molecule has 0 bridgehead atoms. The molecule has 2 rings (SSSR count).